The van der Waals surface area contributed by atoms with Crippen LogP contribution < -0.4 is 0 Å². The Hall–Kier alpha value is -2.05. The van der Waals surface area contributed by atoms with Crippen molar-refractivity contribution in [1.82, 2.24) is 9.55 Å². The highest BCUT2D eigenvalue weighted by Gasteiger charge is 2.27. The molecule has 0 saturated heterocycles. The highest BCUT2D eigenvalue weighted by atomic mass is 32.2. The predicted molar refractivity (Wildman–Crippen MR) is 106 cm³/mol. The molecule has 0 saturated carbocycles. The van der Waals surface area contributed by atoms with Crippen molar-refractivity contribution in [2.75, 3.05) is 12.4 Å². The minimum Gasteiger partial charge on any atom is -0.462 e. The molecule has 4 heterocycles. The SMILES string of the molecule is O=C(OCCCc1cccnc1)c1c(-n2cccc2)sc2c1CCSC2. The molecule has 1 aliphatic rings. The Labute approximate surface area is 161 Å². The average Bonchev–Trinajstić information content (AvgIpc) is 3.33. The van der Waals surface area contributed by atoms with Crippen LogP contribution in [0.2, 0.25) is 0 Å². The lowest BCUT2D eigenvalue weighted by Crippen LogP contribution is -2.13. The molecule has 4 nitrogen and oxygen atoms in total. The number of nitrogens with zero attached hydrogens (tertiary/aromatic N) is 2. The van der Waals surface area contributed by atoms with Crippen molar-refractivity contribution in [3.63, 3.8) is 0 Å². The van der Waals surface area contributed by atoms with Crippen molar-refractivity contribution >= 4 is 29.1 Å². The molecule has 0 N–H and O–H groups in total. The quantitative estimate of drug-likeness (QED) is 0.463. The van der Waals surface area contributed by atoms with Crippen LogP contribution in [0, 0.1) is 0 Å². The number of thioether (sulfide) groups is 1. The standard InChI is InChI=1S/C20H20N2O2S2/c23-20(24-11-4-6-15-5-3-8-21-13-15)18-16-7-12-25-14-17(16)26-19(18)22-9-1-2-10-22/h1-3,5,8-10,13H,4,6-7,11-12,14H2. The number of hydrogen-bond donors (Lipinski definition) is 0. The molecule has 0 spiro atoms. The van der Waals surface area contributed by atoms with E-state index in [0.29, 0.717) is 6.61 Å². The number of esters is 1. The van der Waals surface area contributed by atoms with Gasteiger partial charge in [-0.1, -0.05) is 6.07 Å². The zero-order chi connectivity index (χ0) is 17.8. The van der Waals surface area contributed by atoms with E-state index in [-0.39, 0.29) is 5.97 Å². The topological polar surface area (TPSA) is 44.1 Å². The summed E-state index contributed by atoms with van der Waals surface area (Å²) in [7, 11) is 0. The number of carbonyl (C=O) groups excluding carboxylic acids is 1. The fourth-order valence-corrected chi connectivity index (χ4v) is 5.57. The van der Waals surface area contributed by atoms with Gasteiger partial charge in [0.1, 0.15) is 5.00 Å². The summed E-state index contributed by atoms with van der Waals surface area (Å²) in [5.41, 5.74) is 3.12. The summed E-state index contributed by atoms with van der Waals surface area (Å²) in [5.74, 6) is 1.86. The van der Waals surface area contributed by atoms with Crippen LogP contribution in [0.25, 0.3) is 5.00 Å². The lowest BCUT2D eigenvalue weighted by Gasteiger charge is -2.12. The van der Waals surface area contributed by atoms with Crippen molar-refractivity contribution in [2.45, 2.75) is 25.0 Å². The van der Waals surface area contributed by atoms with E-state index in [1.54, 1.807) is 17.5 Å². The van der Waals surface area contributed by atoms with E-state index in [4.69, 9.17) is 4.74 Å². The number of fused-ring (bicyclic) bond motifs is 1. The number of hydrogen-bond acceptors (Lipinski definition) is 5. The van der Waals surface area contributed by atoms with Crippen LogP contribution in [0.15, 0.2) is 49.1 Å². The normalized spacial score (nSPS) is 13.4. The summed E-state index contributed by atoms with van der Waals surface area (Å²) in [5, 5.41) is 0.986. The van der Waals surface area contributed by atoms with Crippen LogP contribution >= 0.6 is 23.1 Å². The average molecular weight is 385 g/mol. The van der Waals surface area contributed by atoms with Gasteiger partial charge in [-0.25, -0.2) is 4.79 Å². The molecule has 0 atom stereocenters. The molecule has 0 aliphatic carbocycles. The van der Waals surface area contributed by atoms with Crippen molar-refractivity contribution in [1.29, 1.82) is 0 Å². The van der Waals surface area contributed by atoms with E-state index < -0.39 is 0 Å². The van der Waals surface area contributed by atoms with Gasteiger partial charge in [0.25, 0.3) is 0 Å². The molecule has 3 aromatic heterocycles. The second-order valence-corrected chi connectivity index (χ2v) is 8.37. The van der Waals surface area contributed by atoms with Crippen LogP contribution in [0.4, 0.5) is 0 Å². The number of carbonyl (C=O) groups is 1. The van der Waals surface area contributed by atoms with Crippen LogP contribution in [-0.4, -0.2) is 27.9 Å². The molecule has 6 heteroatoms. The maximum atomic E-state index is 12.9. The van der Waals surface area contributed by atoms with Gasteiger partial charge < -0.3 is 9.30 Å². The Morgan fingerprint density at radius 3 is 2.96 bits per heavy atom. The second kappa shape index (κ2) is 8.10. The first-order valence-electron chi connectivity index (χ1n) is 8.74. The third-order valence-corrected chi connectivity index (χ3v) is 6.82. The molecule has 0 aromatic carbocycles. The fourth-order valence-electron chi connectivity index (χ4n) is 3.14. The molecule has 134 valence electrons. The Balaban J connectivity index is 1.47. The summed E-state index contributed by atoms with van der Waals surface area (Å²) in [6, 6.07) is 7.94. The van der Waals surface area contributed by atoms with E-state index in [1.807, 2.05) is 59.2 Å². The largest absolute Gasteiger partial charge is 0.462 e. The van der Waals surface area contributed by atoms with Crippen LogP contribution in [0.5, 0.6) is 0 Å². The molecular formula is C20H20N2O2S2. The summed E-state index contributed by atoms with van der Waals surface area (Å²) >= 11 is 3.65. The van der Waals surface area contributed by atoms with Crippen LogP contribution in [-0.2, 0) is 23.3 Å². The monoisotopic (exact) mass is 384 g/mol. The molecule has 4 rings (SSSR count). The first kappa shape index (κ1) is 17.4. The lowest BCUT2D eigenvalue weighted by atomic mass is 10.1. The highest BCUT2D eigenvalue weighted by Crippen LogP contribution is 2.38. The third kappa shape index (κ3) is 3.71. The third-order valence-electron chi connectivity index (χ3n) is 4.41. The van der Waals surface area contributed by atoms with Gasteiger partial charge in [-0.3, -0.25) is 4.98 Å². The number of rotatable bonds is 6. The van der Waals surface area contributed by atoms with Gasteiger partial charge >= 0.3 is 5.97 Å². The van der Waals surface area contributed by atoms with Crippen molar-refractivity contribution in [3.8, 4) is 5.00 Å². The minimum atomic E-state index is -0.190. The van der Waals surface area contributed by atoms with Crippen molar-refractivity contribution < 1.29 is 9.53 Å². The Morgan fingerprint density at radius 2 is 2.15 bits per heavy atom. The molecule has 0 radical (unpaired) electrons. The number of aromatic nitrogens is 2. The first-order chi connectivity index (χ1) is 12.8. The molecule has 0 bridgehead atoms. The van der Waals surface area contributed by atoms with E-state index in [9.17, 15) is 4.79 Å². The van der Waals surface area contributed by atoms with Gasteiger partial charge in [-0.2, -0.15) is 11.8 Å². The molecule has 3 aromatic rings. The minimum absolute atomic E-state index is 0.190. The Kier molecular flexibility index (Phi) is 5.41. The molecule has 1 aliphatic heterocycles. The van der Waals surface area contributed by atoms with Gasteiger partial charge in [0, 0.05) is 35.4 Å². The van der Waals surface area contributed by atoms with Gasteiger partial charge in [0.2, 0.25) is 0 Å². The Bertz CT molecular complexity index is 873. The van der Waals surface area contributed by atoms with E-state index in [0.717, 1.165) is 41.3 Å². The van der Waals surface area contributed by atoms with Gasteiger partial charge in [0.15, 0.2) is 0 Å². The first-order valence-corrected chi connectivity index (χ1v) is 10.7. The molecule has 26 heavy (non-hydrogen) atoms. The van der Waals surface area contributed by atoms with E-state index in [2.05, 4.69) is 4.98 Å². The summed E-state index contributed by atoms with van der Waals surface area (Å²) in [6.07, 6.45) is 10.2. The maximum absolute atomic E-state index is 12.9. The summed E-state index contributed by atoms with van der Waals surface area (Å²) in [4.78, 5) is 18.3. The van der Waals surface area contributed by atoms with Gasteiger partial charge in [0.05, 0.1) is 12.2 Å². The number of ether oxygens (including phenoxy) is 1. The van der Waals surface area contributed by atoms with Crippen molar-refractivity contribution in [2.24, 2.45) is 0 Å². The number of pyridine rings is 1. The van der Waals surface area contributed by atoms with Gasteiger partial charge in [-0.15, -0.1) is 11.3 Å². The number of aryl methyl sites for hydroxylation is 1. The zero-order valence-electron chi connectivity index (χ0n) is 14.4. The second-order valence-electron chi connectivity index (χ2n) is 6.18. The molecule has 0 amide bonds. The summed E-state index contributed by atoms with van der Waals surface area (Å²) < 4.78 is 7.67. The van der Waals surface area contributed by atoms with Crippen LogP contribution in [0.1, 0.15) is 32.8 Å². The zero-order valence-corrected chi connectivity index (χ0v) is 16.0. The van der Waals surface area contributed by atoms with Crippen LogP contribution in [0.3, 0.4) is 0 Å². The summed E-state index contributed by atoms with van der Waals surface area (Å²) in [6.45, 7) is 0.429. The smallest absolute Gasteiger partial charge is 0.341 e. The lowest BCUT2D eigenvalue weighted by molar-refractivity contribution is 0.0500. The maximum Gasteiger partial charge on any atom is 0.341 e. The van der Waals surface area contributed by atoms with Gasteiger partial charge in [-0.05, 0) is 54.3 Å². The molecule has 0 fully saturated rings. The predicted octanol–water partition coefficient (Wildman–Crippen LogP) is 4.51. The molecular weight excluding hydrogens is 364 g/mol. The number of thiophene rings is 1. The van der Waals surface area contributed by atoms with E-state index >= 15 is 0 Å². The highest BCUT2D eigenvalue weighted by molar-refractivity contribution is 7.98. The molecule has 0 unspecified atom stereocenters. The van der Waals surface area contributed by atoms with Crippen molar-refractivity contribution in [3.05, 3.63) is 70.6 Å². The fraction of sp³-hybridized carbons (Fsp3) is 0.300. The Morgan fingerprint density at radius 1 is 1.27 bits per heavy atom. The van der Waals surface area contributed by atoms with E-state index in [1.165, 1.54) is 16.0 Å².